The third-order valence-corrected chi connectivity index (χ3v) is 12.6. The Hall–Kier alpha value is -8.36. The number of hydrogen-bond donors (Lipinski definition) is 4. The van der Waals surface area contributed by atoms with Gasteiger partial charge in [-0.2, -0.15) is 5.26 Å². The second-order valence-corrected chi connectivity index (χ2v) is 18.7. The molecule has 4 fully saturated rings. The number of likely N-dealkylation sites (tertiary alicyclic amines) is 2. The number of nitrogens with one attached hydrogen (secondary N) is 2. The summed E-state index contributed by atoms with van der Waals surface area (Å²) in [6.07, 6.45) is 0.263. The lowest BCUT2D eigenvalue weighted by Gasteiger charge is -2.38. The lowest BCUT2D eigenvalue weighted by atomic mass is 10.0. The van der Waals surface area contributed by atoms with Crippen LogP contribution in [0.4, 0.5) is 29.2 Å². The van der Waals surface area contributed by atoms with Gasteiger partial charge >= 0.3 is 29.9 Å². The average Bonchev–Trinajstić information content (AvgIpc) is 4.34. The number of halogens is 4. The number of hydrogen-bond acceptors (Lipinski definition) is 17. The first-order chi connectivity index (χ1) is 36.2. The maximum Gasteiger partial charge on any atom is 0.323 e. The van der Waals surface area contributed by atoms with E-state index < -0.39 is 104 Å². The number of amides is 4. The highest BCUT2D eigenvalue weighted by Gasteiger charge is 2.53. The molecule has 26 heteroatoms. The fourth-order valence-electron chi connectivity index (χ4n) is 8.05. The van der Waals surface area contributed by atoms with Crippen molar-refractivity contribution in [2.45, 2.75) is 88.1 Å². The molecule has 8 rings (SSSR count). The fraction of sp³-hybridized carbons (Fsp3) is 0.440. The summed E-state index contributed by atoms with van der Waals surface area (Å²) in [4.78, 5) is 97.6. The second-order valence-electron chi connectivity index (χ2n) is 18.7. The molecule has 4 heterocycles. The molecule has 2 saturated heterocycles. The van der Waals surface area contributed by atoms with Crippen LogP contribution in [0.15, 0.2) is 61.2 Å². The zero-order valence-electron chi connectivity index (χ0n) is 40.9. The number of piperidine rings is 2. The summed E-state index contributed by atoms with van der Waals surface area (Å²) < 4.78 is 83.2. The van der Waals surface area contributed by atoms with E-state index >= 15 is 17.6 Å². The number of anilines is 2. The predicted molar refractivity (Wildman–Crippen MR) is 258 cm³/mol. The predicted octanol–water partition coefficient (Wildman–Crippen LogP) is 3.54. The fourth-order valence-corrected chi connectivity index (χ4v) is 8.05. The molecule has 0 radical (unpaired) electrons. The molecule has 76 heavy (non-hydrogen) atoms. The van der Waals surface area contributed by atoms with Crippen molar-refractivity contribution >= 4 is 47.2 Å². The molecule has 6 atom stereocenters. The minimum Gasteiger partial charge on any atom is -0.483 e. The normalized spacial score (nSPS) is 21.0. The van der Waals surface area contributed by atoms with Crippen LogP contribution in [0, 0.1) is 29.2 Å². The summed E-state index contributed by atoms with van der Waals surface area (Å²) in [5.74, 6) is -11.7. The Kier molecular flexibility index (Phi) is 16.1. The maximum atomic E-state index is 15.7. The van der Waals surface area contributed by atoms with Crippen LogP contribution in [0.25, 0.3) is 27.4 Å². The number of nitrogens with two attached hydrogens (primary N) is 2. The molecule has 2 saturated carbocycles. The molecule has 22 nitrogen and oxygen atoms in total. The molecule has 4 amide bonds. The van der Waals surface area contributed by atoms with Crippen LogP contribution < -0.4 is 31.6 Å². The van der Waals surface area contributed by atoms with E-state index in [1.54, 1.807) is 18.2 Å². The number of esters is 2. The standard InChI is InChI=1S/C50H50F4N12O10/c1-26(56)47(71)73-20-43(67)65-11-9-39(49(51,52)22-65)75-37-7-5-29(13-31(37)18-55)34-17-42(62-25-59-34)64-46(70)33-15-36(33)58-19-32-14-30(35-16-41(61-24-60-35)63-45(69)28-3-4-28)6-8-38(32)76-40-10-12-66(23-50(40,53)54)44(68)21-74-48(72)27(2)57/h5-8,13-14,16-17,24-28,33,36,39-40H,3-4,9-12,15,20-23,56-57H2,1-2H3,(H-,59,60,61,62,63,64,69,70)/p+1/t26-,27+,33?,36?,39+,40+/m1/s1. The van der Waals surface area contributed by atoms with Gasteiger partial charge in [-0.25, -0.2) is 37.5 Å². The number of carbonyl (C=O) groups excluding carboxylic acids is 6. The molecular formula is C50H51F4N12O10+. The van der Waals surface area contributed by atoms with Crippen molar-refractivity contribution in [3.05, 3.63) is 77.2 Å². The van der Waals surface area contributed by atoms with Crippen molar-refractivity contribution in [2.24, 2.45) is 23.3 Å². The van der Waals surface area contributed by atoms with Crippen LogP contribution in [-0.2, 0) is 38.2 Å². The molecule has 6 N–H and O–H groups in total. The number of ether oxygens (including phenoxy) is 4. The number of rotatable bonds is 16. The first-order valence-corrected chi connectivity index (χ1v) is 24.1. The number of carbonyl (C=O) groups is 6. The van der Waals surface area contributed by atoms with Crippen LogP contribution in [0.2, 0.25) is 0 Å². The molecule has 4 aromatic rings. The van der Waals surface area contributed by atoms with E-state index in [-0.39, 0.29) is 84.1 Å². The van der Waals surface area contributed by atoms with Crippen molar-refractivity contribution in [2.75, 3.05) is 50.0 Å². The van der Waals surface area contributed by atoms with Gasteiger partial charge in [0.05, 0.1) is 30.0 Å². The minimum atomic E-state index is -3.56. The van der Waals surface area contributed by atoms with Crippen molar-refractivity contribution in [1.82, 2.24) is 29.7 Å². The number of alkyl halides is 4. The third kappa shape index (κ3) is 13.3. The van der Waals surface area contributed by atoms with Gasteiger partial charge in [0, 0.05) is 61.5 Å². The monoisotopic (exact) mass is 1060 g/mol. The Morgan fingerprint density at radius 3 is 1.64 bits per heavy atom. The van der Waals surface area contributed by atoms with Crippen LogP contribution in [0.3, 0.4) is 0 Å². The van der Waals surface area contributed by atoms with Crippen molar-refractivity contribution < 1.29 is 65.3 Å². The molecule has 0 spiro atoms. The Morgan fingerprint density at radius 2 is 1.18 bits per heavy atom. The summed E-state index contributed by atoms with van der Waals surface area (Å²) in [5, 5.41) is 15.5. The molecule has 4 aliphatic rings. The van der Waals surface area contributed by atoms with E-state index in [1.807, 2.05) is 6.07 Å². The molecule has 2 aliphatic heterocycles. The zero-order chi connectivity index (χ0) is 54.5. The molecule has 2 aromatic heterocycles. The summed E-state index contributed by atoms with van der Waals surface area (Å²) in [5.41, 5.74) is 12.3. The maximum absolute atomic E-state index is 15.7. The Morgan fingerprint density at radius 1 is 0.711 bits per heavy atom. The SMILES string of the molecule is C[C@H](N)C(=O)OCC(=O)N1CC[C@H](Oc2ccc(-c3cc(NC(=O)C4CC4)ncn3)cc2C#[N+]C2CC2C(=O)Nc2cc(-c3ccc(O[C@H]4CCN(C(=O)COC(=O)[C@@H](C)N)CC4(F)F)c(C#N)c3)ncn2)C(F)(F)C1. The summed E-state index contributed by atoms with van der Waals surface area (Å²) in [6, 6.07) is 13.9. The molecule has 398 valence electrons. The Bertz CT molecular complexity index is 3030. The lowest BCUT2D eigenvalue weighted by molar-refractivity contribution is -0.166. The molecule has 0 bridgehead atoms. The molecule has 2 aliphatic carbocycles. The van der Waals surface area contributed by atoms with Crippen LogP contribution in [0.1, 0.15) is 57.1 Å². The quantitative estimate of drug-likeness (QED) is 0.0921. The van der Waals surface area contributed by atoms with Gasteiger partial charge in [0.2, 0.25) is 11.8 Å². The minimum absolute atomic E-state index is 0.0409. The smallest absolute Gasteiger partial charge is 0.323 e. The summed E-state index contributed by atoms with van der Waals surface area (Å²) in [7, 11) is 0. The van der Waals surface area contributed by atoms with E-state index in [0.717, 1.165) is 22.6 Å². The summed E-state index contributed by atoms with van der Waals surface area (Å²) in [6.45, 7) is -1.09. The van der Waals surface area contributed by atoms with Gasteiger partial charge in [-0.1, -0.05) is 4.85 Å². The van der Waals surface area contributed by atoms with E-state index in [0.29, 0.717) is 16.8 Å². The van der Waals surface area contributed by atoms with Crippen molar-refractivity contribution in [3.63, 3.8) is 0 Å². The van der Waals surface area contributed by atoms with Gasteiger partial charge in [-0.3, -0.25) is 28.8 Å². The highest BCUT2D eigenvalue weighted by Crippen LogP contribution is 2.39. The van der Waals surface area contributed by atoms with Gasteiger partial charge in [0.15, 0.2) is 25.4 Å². The number of nitrogens with zero attached hydrogens (tertiary/aromatic N) is 8. The van der Waals surface area contributed by atoms with Crippen molar-refractivity contribution in [1.29, 1.82) is 5.26 Å². The van der Waals surface area contributed by atoms with Crippen LogP contribution in [0.5, 0.6) is 11.5 Å². The average molecular weight is 1060 g/mol. The molecule has 2 unspecified atom stereocenters. The first-order valence-electron chi connectivity index (χ1n) is 24.1. The number of benzene rings is 2. The highest BCUT2D eigenvalue weighted by molar-refractivity contribution is 5.95. The van der Waals surface area contributed by atoms with Gasteiger partial charge < -0.3 is 50.8 Å². The lowest BCUT2D eigenvalue weighted by Crippen LogP contribution is -2.56. The van der Waals surface area contributed by atoms with Crippen molar-refractivity contribution in [3.8, 4) is 46.2 Å². The van der Waals surface area contributed by atoms with Gasteiger partial charge in [-0.15, -0.1) is 0 Å². The van der Waals surface area contributed by atoms with Gasteiger partial charge in [0.25, 0.3) is 17.9 Å². The van der Waals surface area contributed by atoms with Gasteiger partial charge in [0.1, 0.15) is 65.4 Å². The Balaban J connectivity index is 0.928. The van der Waals surface area contributed by atoms with Crippen LogP contribution >= 0.6 is 0 Å². The zero-order valence-corrected chi connectivity index (χ0v) is 40.9. The second kappa shape index (κ2) is 22.6. The van der Waals surface area contributed by atoms with E-state index in [2.05, 4.69) is 41.5 Å². The van der Waals surface area contributed by atoms with E-state index in [1.165, 1.54) is 56.8 Å². The highest BCUT2D eigenvalue weighted by atomic mass is 19.3. The Labute approximate surface area is 431 Å². The first kappa shape index (κ1) is 53.9. The van der Waals surface area contributed by atoms with E-state index in [4.69, 9.17) is 30.4 Å². The number of nitriles is 1. The summed E-state index contributed by atoms with van der Waals surface area (Å²) >= 11 is 0. The molecule has 2 aromatic carbocycles. The topological polar surface area (TPSA) is 302 Å². The largest absolute Gasteiger partial charge is 0.483 e. The third-order valence-electron chi connectivity index (χ3n) is 12.6. The van der Waals surface area contributed by atoms with Crippen LogP contribution in [-0.4, -0.2) is 147 Å². The van der Waals surface area contributed by atoms with E-state index in [9.17, 15) is 34.0 Å². The van der Waals surface area contributed by atoms with Gasteiger partial charge in [-0.05, 0) is 63.1 Å². The number of aromatic nitrogens is 4. The molecular weight excluding hydrogens is 1000 g/mol.